The molecular weight excluding hydrogens is 232 g/mol. The Morgan fingerprint density at radius 2 is 1.42 bits per heavy atom. The monoisotopic (exact) mass is 270 g/mol. The molecule has 2 nitrogen and oxygen atoms in total. The molecule has 1 atom stereocenters. The second-order valence-electron chi connectivity index (χ2n) is 6.92. The van der Waals surface area contributed by atoms with Crippen molar-refractivity contribution in [1.29, 1.82) is 0 Å². The van der Waals surface area contributed by atoms with Crippen LogP contribution in [0.1, 0.15) is 74.1 Å². The van der Waals surface area contributed by atoms with Gasteiger partial charge in [0.15, 0.2) is 0 Å². The fourth-order valence-electron chi connectivity index (χ4n) is 3.52. The highest BCUT2D eigenvalue weighted by molar-refractivity contribution is 4.98. The number of nitrogens with one attached hydrogen (secondary N) is 1. The van der Waals surface area contributed by atoms with Crippen molar-refractivity contribution in [3.05, 3.63) is 0 Å². The molecule has 0 amide bonds. The van der Waals surface area contributed by atoms with Gasteiger partial charge in [0.1, 0.15) is 0 Å². The van der Waals surface area contributed by atoms with Crippen LogP contribution in [0.4, 0.5) is 0 Å². The predicted octanol–water partition coefficient (Wildman–Crippen LogP) is 4.30. The fourth-order valence-corrected chi connectivity index (χ4v) is 3.52. The fraction of sp³-hybridized carbons (Fsp3) is 1.00. The molecule has 0 spiro atoms. The summed E-state index contributed by atoms with van der Waals surface area (Å²) in [5, 5.41) is 3.62. The van der Waals surface area contributed by atoms with Crippen LogP contribution >= 0.6 is 0 Å². The van der Waals surface area contributed by atoms with E-state index < -0.39 is 0 Å². The van der Waals surface area contributed by atoms with Crippen LogP contribution < -0.4 is 5.32 Å². The summed E-state index contributed by atoms with van der Waals surface area (Å²) in [7, 11) is 2.14. The molecule has 0 bridgehead atoms. The van der Waals surface area contributed by atoms with Crippen LogP contribution in [0.3, 0.4) is 0 Å². The molecule has 0 aromatic rings. The lowest BCUT2D eigenvalue weighted by molar-refractivity contribution is 0.0448. The van der Waals surface area contributed by atoms with E-state index in [-0.39, 0.29) is 0 Å². The SMILES string of the molecule is CCN(CC)C(CC)(CC)C(CCC(C)(C)C)NC. The molecule has 116 valence electrons. The lowest BCUT2D eigenvalue weighted by Gasteiger charge is -2.48. The summed E-state index contributed by atoms with van der Waals surface area (Å²) in [6.07, 6.45) is 4.99. The summed E-state index contributed by atoms with van der Waals surface area (Å²) in [5.74, 6) is 0. The predicted molar refractivity (Wildman–Crippen MR) is 87.8 cm³/mol. The summed E-state index contributed by atoms with van der Waals surface area (Å²) in [5.41, 5.74) is 0.731. The van der Waals surface area contributed by atoms with Crippen molar-refractivity contribution in [2.75, 3.05) is 20.1 Å². The Kier molecular flexibility index (Phi) is 8.23. The van der Waals surface area contributed by atoms with Gasteiger partial charge in [-0.2, -0.15) is 0 Å². The van der Waals surface area contributed by atoms with E-state index in [9.17, 15) is 0 Å². The zero-order valence-electron chi connectivity index (χ0n) is 14.8. The van der Waals surface area contributed by atoms with Gasteiger partial charge in [-0.3, -0.25) is 4.90 Å². The molecule has 0 aromatic heterocycles. The number of likely N-dealkylation sites (N-methyl/N-ethyl adjacent to an activating group) is 2. The Labute approximate surface area is 122 Å². The van der Waals surface area contributed by atoms with E-state index >= 15 is 0 Å². The van der Waals surface area contributed by atoms with Crippen LogP contribution in [0.15, 0.2) is 0 Å². The van der Waals surface area contributed by atoms with Crippen molar-refractivity contribution >= 4 is 0 Å². The van der Waals surface area contributed by atoms with Crippen molar-refractivity contribution in [2.45, 2.75) is 85.7 Å². The van der Waals surface area contributed by atoms with Crippen LogP contribution in [0.25, 0.3) is 0 Å². The molecule has 0 aliphatic rings. The van der Waals surface area contributed by atoms with Crippen LogP contribution in [-0.4, -0.2) is 36.6 Å². The summed E-state index contributed by atoms with van der Waals surface area (Å²) < 4.78 is 0. The van der Waals surface area contributed by atoms with E-state index in [1.165, 1.54) is 25.7 Å². The third-order valence-electron chi connectivity index (χ3n) is 4.80. The number of rotatable bonds is 9. The normalized spacial score (nSPS) is 15.0. The van der Waals surface area contributed by atoms with Gasteiger partial charge in [0.2, 0.25) is 0 Å². The number of hydrogen-bond acceptors (Lipinski definition) is 2. The first-order chi connectivity index (χ1) is 8.81. The highest BCUT2D eigenvalue weighted by Crippen LogP contribution is 2.32. The van der Waals surface area contributed by atoms with Gasteiger partial charge in [0.25, 0.3) is 0 Å². The van der Waals surface area contributed by atoms with Crippen LogP contribution in [0.2, 0.25) is 0 Å². The van der Waals surface area contributed by atoms with Crippen LogP contribution in [0.5, 0.6) is 0 Å². The first-order valence-corrected chi connectivity index (χ1v) is 8.23. The van der Waals surface area contributed by atoms with E-state index in [1.807, 2.05) is 0 Å². The lowest BCUT2D eigenvalue weighted by Crippen LogP contribution is -2.60. The molecule has 0 aliphatic carbocycles. The largest absolute Gasteiger partial charge is 0.315 e. The molecule has 19 heavy (non-hydrogen) atoms. The second kappa shape index (κ2) is 8.26. The summed E-state index contributed by atoms with van der Waals surface area (Å²) in [6.45, 7) is 18.6. The number of nitrogens with zero attached hydrogens (tertiary/aromatic N) is 1. The maximum Gasteiger partial charge on any atom is 0.0356 e. The standard InChI is InChI=1S/C17H38N2/c1-9-17(10-2,19(11-3)12-4)15(18-8)13-14-16(5,6)7/h15,18H,9-14H2,1-8H3. The highest BCUT2D eigenvalue weighted by Gasteiger charge is 2.39. The third kappa shape index (κ3) is 5.07. The summed E-state index contributed by atoms with van der Waals surface area (Å²) in [4.78, 5) is 2.66. The maximum absolute atomic E-state index is 3.62. The van der Waals surface area contributed by atoms with E-state index in [0.29, 0.717) is 17.0 Å². The van der Waals surface area contributed by atoms with Crippen molar-refractivity contribution < 1.29 is 0 Å². The van der Waals surface area contributed by atoms with Gasteiger partial charge in [-0.25, -0.2) is 0 Å². The van der Waals surface area contributed by atoms with Gasteiger partial charge in [-0.15, -0.1) is 0 Å². The van der Waals surface area contributed by atoms with E-state index in [1.54, 1.807) is 0 Å². The summed E-state index contributed by atoms with van der Waals surface area (Å²) >= 11 is 0. The quantitative estimate of drug-likeness (QED) is 0.672. The maximum atomic E-state index is 3.62. The molecule has 1 unspecified atom stereocenters. The molecule has 0 fully saturated rings. The molecule has 0 aromatic carbocycles. The molecule has 0 heterocycles. The van der Waals surface area contributed by atoms with Gasteiger partial charge in [-0.1, -0.05) is 48.5 Å². The zero-order valence-corrected chi connectivity index (χ0v) is 14.8. The Bertz CT molecular complexity index is 222. The minimum absolute atomic E-state index is 0.309. The topological polar surface area (TPSA) is 15.3 Å². The van der Waals surface area contributed by atoms with Crippen molar-refractivity contribution in [2.24, 2.45) is 5.41 Å². The van der Waals surface area contributed by atoms with E-state index in [4.69, 9.17) is 0 Å². The second-order valence-corrected chi connectivity index (χ2v) is 6.92. The zero-order chi connectivity index (χ0) is 15.1. The summed E-state index contributed by atoms with van der Waals surface area (Å²) in [6, 6.07) is 0.585. The molecule has 0 radical (unpaired) electrons. The minimum Gasteiger partial charge on any atom is -0.315 e. The average Bonchev–Trinajstić information content (AvgIpc) is 2.36. The first kappa shape index (κ1) is 18.9. The van der Waals surface area contributed by atoms with Crippen molar-refractivity contribution in [3.8, 4) is 0 Å². The highest BCUT2D eigenvalue weighted by atomic mass is 15.2. The van der Waals surface area contributed by atoms with Crippen molar-refractivity contribution in [3.63, 3.8) is 0 Å². The van der Waals surface area contributed by atoms with Gasteiger partial charge in [0.05, 0.1) is 0 Å². The minimum atomic E-state index is 0.309. The molecule has 0 rings (SSSR count). The van der Waals surface area contributed by atoms with Crippen molar-refractivity contribution in [1.82, 2.24) is 10.2 Å². The average molecular weight is 271 g/mol. The molecule has 2 heteroatoms. The molecule has 1 N–H and O–H groups in total. The third-order valence-corrected chi connectivity index (χ3v) is 4.80. The smallest absolute Gasteiger partial charge is 0.0356 e. The van der Waals surface area contributed by atoms with Gasteiger partial charge >= 0.3 is 0 Å². The van der Waals surface area contributed by atoms with Crippen LogP contribution in [0, 0.1) is 5.41 Å². The Morgan fingerprint density at radius 1 is 0.947 bits per heavy atom. The Hall–Kier alpha value is -0.0800. The molecule has 0 saturated carbocycles. The number of hydrogen-bond donors (Lipinski definition) is 1. The molecule has 0 aliphatic heterocycles. The first-order valence-electron chi connectivity index (χ1n) is 8.23. The Morgan fingerprint density at radius 3 is 1.68 bits per heavy atom. The van der Waals surface area contributed by atoms with Gasteiger partial charge in [-0.05, 0) is 51.2 Å². The van der Waals surface area contributed by atoms with Crippen LogP contribution in [-0.2, 0) is 0 Å². The lowest BCUT2D eigenvalue weighted by atomic mass is 9.77. The Balaban J connectivity index is 5.08. The van der Waals surface area contributed by atoms with E-state index in [0.717, 1.165) is 13.1 Å². The molecule has 0 saturated heterocycles. The van der Waals surface area contributed by atoms with E-state index in [2.05, 4.69) is 65.7 Å². The van der Waals surface area contributed by atoms with Gasteiger partial charge < -0.3 is 5.32 Å². The van der Waals surface area contributed by atoms with Gasteiger partial charge in [0, 0.05) is 11.6 Å². The molecular formula is C17H38N2.